The van der Waals surface area contributed by atoms with Crippen LogP contribution in [0.2, 0.25) is 0 Å². The average molecular weight is 474 g/mol. The molecule has 0 saturated carbocycles. The molecular weight excluding hydrogens is 455 g/mol. The largest absolute Gasteiger partial charge is 0.462 e. The molecule has 8 heteroatoms. The molecule has 1 aliphatic heterocycles. The van der Waals surface area contributed by atoms with E-state index in [0.29, 0.717) is 16.4 Å². The number of imidazole rings is 1. The second kappa shape index (κ2) is 6.08. The van der Waals surface area contributed by atoms with Crippen LogP contribution in [0.4, 0.5) is 5.82 Å². The predicted molar refractivity (Wildman–Crippen MR) is 113 cm³/mol. The quantitative estimate of drug-likeness (QED) is 0.349. The highest BCUT2D eigenvalue weighted by molar-refractivity contribution is 14.1. The third kappa shape index (κ3) is 2.82. The second-order valence-electron chi connectivity index (χ2n) is 7.42. The number of halogens is 1. The standard InChI is InChI=1S/C19H19IN6O/c1-19(2)10-27-18-23-14-15(24-17(20)25-16(14)26(18)19)22-7-5-11-3-4-13-12(9-11)6-8-21-13/h3-4,6,8-9,21H,5,7,10H2,1-2H3,(H,22,24,25). The fourth-order valence-electron chi connectivity index (χ4n) is 3.57. The van der Waals surface area contributed by atoms with Gasteiger partial charge >= 0.3 is 0 Å². The smallest absolute Gasteiger partial charge is 0.299 e. The molecule has 0 aliphatic carbocycles. The zero-order valence-electron chi connectivity index (χ0n) is 15.1. The molecule has 0 bridgehead atoms. The summed E-state index contributed by atoms with van der Waals surface area (Å²) in [5, 5.41) is 4.67. The maximum absolute atomic E-state index is 5.75. The van der Waals surface area contributed by atoms with Crippen molar-refractivity contribution in [2.75, 3.05) is 18.5 Å². The van der Waals surface area contributed by atoms with Gasteiger partial charge in [-0.2, -0.15) is 4.98 Å². The first-order valence-electron chi connectivity index (χ1n) is 8.90. The van der Waals surface area contributed by atoms with Crippen molar-refractivity contribution in [3.05, 3.63) is 39.9 Å². The van der Waals surface area contributed by atoms with Crippen LogP contribution in [0.5, 0.6) is 6.01 Å². The van der Waals surface area contributed by atoms with Crippen LogP contribution in [-0.4, -0.2) is 37.7 Å². The highest BCUT2D eigenvalue weighted by Crippen LogP contribution is 2.36. The van der Waals surface area contributed by atoms with E-state index in [2.05, 4.69) is 90.5 Å². The van der Waals surface area contributed by atoms with E-state index in [1.807, 2.05) is 6.20 Å². The minimum Gasteiger partial charge on any atom is -0.462 e. The number of aromatic amines is 1. The number of benzene rings is 1. The summed E-state index contributed by atoms with van der Waals surface area (Å²) in [6.07, 6.45) is 2.87. The van der Waals surface area contributed by atoms with E-state index in [4.69, 9.17) is 4.74 Å². The number of nitrogens with one attached hydrogen (secondary N) is 2. The molecule has 4 aromatic rings. The van der Waals surface area contributed by atoms with Gasteiger partial charge in [0.05, 0.1) is 5.54 Å². The van der Waals surface area contributed by atoms with Crippen LogP contribution in [0.1, 0.15) is 19.4 Å². The molecule has 5 rings (SSSR count). The fourth-order valence-corrected chi connectivity index (χ4v) is 4.04. The third-order valence-electron chi connectivity index (χ3n) is 4.93. The summed E-state index contributed by atoms with van der Waals surface area (Å²) in [6, 6.07) is 9.20. The van der Waals surface area contributed by atoms with E-state index >= 15 is 0 Å². The van der Waals surface area contributed by atoms with Crippen LogP contribution in [0.15, 0.2) is 30.5 Å². The minimum atomic E-state index is -0.162. The first-order chi connectivity index (χ1) is 13.0. The van der Waals surface area contributed by atoms with Crippen molar-refractivity contribution in [1.82, 2.24) is 24.5 Å². The number of hydrogen-bond donors (Lipinski definition) is 2. The summed E-state index contributed by atoms with van der Waals surface area (Å²) in [5.41, 5.74) is 3.87. The number of aromatic nitrogens is 5. The molecule has 138 valence electrons. The van der Waals surface area contributed by atoms with Crippen LogP contribution in [-0.2, 0) is 12.0 Å². The molecular formula is C19H19IN6O. The van der Waals surface area contributed by atoms with Crippen molar-refractivity contribution >= 4 is 50.5 Å². The number of ether oxygens (including phenoxy) is 1. The Hall–Kier alpha value is -2.36. The van der Waals surface area contributed by atoms with E-state index in [1.54, 1.807) is 0 Å². The van der Waals surface area contributed by atoms with Gasteiger partial charge in [0, 0.05) is 40.8 Å². The lowest BCUT2D eigenvalue weighted by molar-refractivity contribution is 0.268. The molecule has 3 aromatic heterocycles. The van der Waals surface area contributed by atoms with Crippen molar-refractivity contribution in [3.63, 3.8) is 0 Å². The number of hydrogen-bond acceptors (Lipinski definition) is 5. The van der Waals surface area contributed by atoms with E-state index in [0.717, 1.165) is 35.5 Å². The maximum atomic E-state index is 5.75. The predicted octanol–water partition coefficient (Wildman–Crippen LogP) is 3.69. The van der Waals surface area contributed by atoms with Gasteiger partial charge < -0.3 is 15.0 Å². The molecule has 1 aliphatic rings. The summed E-state index contributed by atoms with van der Waals surface area (Å²) < 4.78 is 8.51. The Balaban J connectivity index is 1.42. The Kier molecular flexibility index (Phi) is 3.78. The molecule has 4 heterocycles. The van der Waals surface area contributed by atoms with E-state index < -0.39 is 0 Å². The molecule has 2 N–H and O–H groups in total. The molecule has 0 atom stereocenters. The fraction of sp³-hybridized carbons (Fsp3) is 0.316. The lowest BCUT2D eigenvalue weighted by Crippen LogP contribution is -2.26. The molecule has 1 aromatic carbocycles. The third-order valence-corrected chi connectivity index (χ3v) is 5.41. The lowest BCUT2D eigenvalue weighted by atomic mass is 10.1. The minimum absolute atomic E-state index is 0.162. The number of H-pyrrole nitrogens is 1. The Bertz CT molecular complexity index is 1160. The van der Waals surface area contributed by atoms with Crippen molar-refractivity contribution in [1.29, 1.82) is 0 Å². The number of rotatable bonds is 4. The van der Waals surface area contributed by atoms with Gasteiger partial charge in [-0.25, -0.2) is 9.97 Å². The number of anilines is 1. The van der Waals surface area contributed by atoms with Gasteiger partial charge in [0.1, 0.15) is 6.61 Å². The van der Waals surface area contributed by atoms with E-state index in [-0.39, 0.29) is 5.54 Å². The van der Waals surface area contributed by atoms with Crippen molar-refractivity contribution in [2.45, 2.75) is 25.8 Å². The van der Waals surface area contributed by atoms with Gasteiger partial charge in [0.15, 0.2) is 20.8 Å². The molecule has 0 spiro atoms. The van der Waals surface area contributed by atoms with Crippen molar-refractivity contribution in [2.24, 2.45) is 0 Å². The molecule has 7 nitrogen and oxygen atoms in total. The Morgan fingerprint density at radius 2 is 2.15 bits per heavy atom. The van der Waals surface area contributed by atoms with Gasteiger partial charge in [-0.3, -0.25) is 4.57 Å². The Morgan fingerprint density at radius 1 is 1.26 bits per heavy atom. The molecule has 0 saturated heterocycles. The Labute approximate surface area is 169 Å². The number of fused-ring (bicyclic) bond motifs is 4. The first kappa shape index (κ1) is 16.8. The van der Waals surface area contributed by atoms with Gasteiger partial charge in [-0.1, -0.05) is 6.07 Å². The SMILES string of the molecule is CC1(C)COc2nc3c(NCCc4ccc5[nH]ccc5c4)nc(I)nc3n21. The zero-order chi connectivity index (χ0) is 18.6. The second-order valence-corrected chi connectivity index (χ2v) is 8.39. The van der Waals surface area contributed by atoms with Crippen LogP contribution in [0.3, 0.4) is 0 Å². The number of nitrogens with zero attached hydrogens (tertiary/aromatic N) is 4. The average Bonchev–Trinajstić information content (AvgIpc) is 3.30. The van der Waals surface area contributed by atoms with Gasteiger partial charge in [0.2, 0.25) is 0 Å². The lowest BCUT2D eigenvalue weighted by Gasteiger charge is -2.18. The monoisotopic (exact) mass is 474 g/mol. The Morgan fingerprint density at radius 3 is 3.04 bits per heavy atom. The normalized spacial score (nSPS) is 15.2. The van der Waals surface area contributed by atoms with Crippen LogP contribution >= 0.6 is 22.6 Å². The van der Waals surface area contributed by atoms with Crippen LogP contribution < -0.4 is 10.1 Å². The van der Waals surface area contributed by atoms with Crippen molar-refractivity contribution < 1.29 is 4.74 Å². The summed E-state index contributed by atoms with van der Waals surface area (Å²) in [6.45, 7) is 5.63. The molecule has 27 heavy (non-hydrogen) atoms. The van der Waals surface area contributed by atoms with Crippen molar-refractivity contribution in [3.8, 4) is 6.01 Å². The van der Waals surface area contributed by atoms with Crippen LogP contribution in [0, 0.1) is 3.83 Å². The summed E-state index contributed by atoms with van der Waals surface area (Å²) in [5.74, 6) is 0.758. The highest BCUT2D eigenvalue weighted by atomic mass is 127. The maximum Gasteiger partial charge on any atom is 0.299 e. The molecule has 0 unspecified atom stereocenters. The zero-order valence-corrected chi connectivity index (χ0v) is 17.2. The summed E-state index contributed by atoms with van der Waals surface area (Å²) in [7, 11) is 0. The molecule has 0 radical (unpaired) electrons. The first-order valence-corrected chi connectivity index (χ1v) is 9.98. The highest BCUT2D eigenvalue weighted by Gasteiger charge is 2.35. The molecule has 0 amide bonds. The van der Waals surface area contributed by atoms with Gasteiger partial charge in [-0.05, 0) is 49.4 Å². The summed E-state index contributed by atoms with van der Waals surface area (Å²) >= 11 is 2.15. The van der Waals surface area contributed by atoms with Crippen LogP contribution in [0.25, 0.3) is 22.1 Å². The topological polar surface area (TPSA) is 80.7 Å². The van der Waals surface area contributed by atoms with Gasteiger partial charge in [-0.15, -0.1) is 0 Å². The molecule has 0 fully saturated rings. The van der Waals surface area contributed by atoms with E-state index in [1.165, 1.54) is 10.9 Å². The summed E-state index contributed by atoms with van der Waals surface area (Å²) in [4.78, 5) is 17.0. The van der Waals surface area contributed by atoms with Gasteiger partial charge in [0.25, 0.3) is 6.01 Å². The van der Waals surface area contributed by atoms with E-state index in [9.17, 15) is 0 Å².